The van der Waals surface area contributed by atoms with Crippen LogP contribution in [0.1, 0.15) is 12.5 Å². The van der Waals surface area contributed by atoms with E-state index >= 15 is 0 Å². The molecule has 0 atom stereocenters. The lowest BCUT2D eigenvalue weighted by molar-refractivity contribution is -0.142. The molecule has 7 heteroatoms. The third-order valence-corrected chi connectivity index (χ3v) is 5.04. The van der Waals surface area contributed by atoms with Crippen LogP contribution in [-0.4, -0.2) is 17.6 Å². The highest BCUT2D eigenvalue weighted by atomic mass is 16.5. The van der Waals surface area contributed by atoms with E-state index in [1.807, 2.05) is 54.6 Å². The number of hydrogen-bond donors (Lipinski definition) is 0. The van der Waals surface area contributed by atoms with E-state index in [0.29, 0.717) is 39.3 Å². The maximum Gasteiger partial charge on any atom is 0.336 e. The number of para-hydroxylation sites is 1. The van der Waals surface area contributed by atoms with Gasteiger partial charge in [-0.3, -0.25) is 4.79 Å². The first kappa shape index (κ1) is 20.5. The number of rotatable bonds is 6. The Morgan fingerprint density at radius 3 is 2.55 bits per heavy atom. The number of carbonyl (C=O) groups excluding carboxylic acids is 1. The molecule has 0 amide bonds. The van der Waals surface area contributed by atoms with E-state index in [1.165, 1.54) is 6.07 Å². The molecule has 0 aliphatic rings. The van der Waals surface area contributed by atoms with Crippen molar-refractivity contribution in [3.8, 4) is 23.0 Å². The Balaban J connectivity index is 1.53. The zero-order valence-corrected chi connectivity index (χ0v) is 17.7. The first-order valence-electron chi connectivity index (χ1n) is 10.5. The topological polar surface area (TPSA) is 91.8 Å². The third kappa shape index (κ3) is 4.34. The molecule has 33 heavy (non-hydrogen) atoms. The number of fused-ring (bicyclic) bond motifs is 2. The second-order valence-corrected chi connectivity index (χ2v) is 7.35. The van der Waals surface area contributed by atoms with Gasteiger partial charge in [-0.2, -0.15) is 0 Å². The first-order valence-corrected chi connectivity index (χ1v) is 10.5. The molecule has 2 aromatic heterocycles. The van der Waals surface area contributed by atoms with Crippen molar-refractivity contribution in [3.05, 3.63) is 88.8 Å². The molecule has 2 heterocycles. The number of hydrogen-bond acceptors (Lipinski definition) is 7. The van der Waals surface area contributed by atoms with Crippen molar-refractivity contribution >= 4 is 28.0 Å². The van der Waals surface area contributed by atoms with Gasteiger partial charge in [0.25, 0.3) is 0 Å². The Morgan fingerprint density at radius 2 is 1.73 bits per heavy atom. The van der Waals surface area contributed by atoms with Crippen LogP contribution in [0.15, 0.2) is 86.4 Å². The van der Waals surface area contributed by atoms with Gasteiger partial charge >= 0.3 is 11.6 Å². The van der Waals surface area contributed by atoms with Crippen molar-refractivity contribution in [3.63, 3.8) is 0 Å². The van der Waals surface area contributed by atoms with Gasteiger partial charge in [-0.1, -0.05) is 24.3 Å². The minimum absolute atomic E-state index is 0.0367. The lowest BCUT2D eigenvalue weighted by Crippen LogP contribution is -2.10. The highest BCUT2D eigenvalue weighted by molar-refractivity contribution is 5.95. The summed E-state index contributed by atoms with van der Waals surface area (Å²) < 4.78 is 22.2. The summed E-state index contributed by atoms with van der Waals surface area (Å²) in [5, 5.41) is 0.608. The van der Waals surface area contributed by atoms with Crippen molar-refractivity contribution in [1.82, 2.24) is 4.98 Å². The number of ether oxygens (including phenoxy) is 2. The molecule has 0 fully saturated rings. The van der Waals surface area contributed by atoms with Gasteiger partial charge in [0, 0.05) is 23.1 Å². The molecule has 164 valence electrons. The lowest BCUT2D eigenvalue weighted by atomic mass is 10.1. The molecule has 0 spiro atoms. The van der Waals surface area contributed by atoms with Crippen LogP contribution in [0, 0.1) is 0 Å². The summed E-state index contributed by atoms with van der Waals surface area (Å²) >= 11 is 0. The predicted molar refractivity (Wildman–Crippen MR) is 122 cm³/mol. The van der Waals surface area contributed by atoms with Crippen LogP contribution in [0.4, 0.5) is 0 Å². The number of carbonyl (C=O) groups is 1. The fourth-order valence-corrected chi connectivity index (χ4v) is 3.60. The molecule has 0 aliphatic carbocycles. The van der Waals surface area contributed by atoms with Crippen LogP contribution in [0.3, 0.4) is 0 Å². The van der Waals surface area contributed by atoms with E-state index in [-0.39, 0.29) is 13.0 Å². The largest absolute Gasteiger partial charge is 0.466 e. The molecule has 0 aliphatic heterocycles. The van der Waals surface area contributed by atoms with Crippen LogP contribution in [0.5, 0.6) is 11.5 Å². The molecule has 5 rings (SSSR count). The van der Waals surface area contributed by atoms with Crippen molar-refractivity contribution in [2.24, 2.45) is 0 Å². The highest BCUT2D eigenvalue weighted by Gasteiger charge is 2.16. The fraction of sp³-hybridized carbons (Fsp3) is 0.115. The Kier molecular flexibility index (Phi) is 5.36. The maximum absolute atomic E-state index is 12.0. The second kappa shape index (κ2) is 8.63. The molecule has 0 saturated carbocycles. The Morgan fingerprint density at radius 1 is 0.909 bits per heavy atom. The molecule has 5 aromatic rings. The minimum Gasteiger partial charge on any atom is -0.466 e. The van der Waals surface area contributed by atoms with Crippen molar-refractivity contribution in [1.29, 1.82) is 0 Å². The SMILES string of the molecule is CCOC(=O)Cc1cc(=O)oc2cc3oc(-c4cccc(Oc5ccccc5)c4)nc3cc12. The molecule has 0 bridgehead atoms. The summed E-state index contributed by atoms with van der Waals surface area (Å²) in [6.45, 7) is 2.00. The van der Waals surface area contributed by atoms with Gasteiger partial charge in [-0.05, 0) is 48.9 Å². The highest BCUT2D eigenvalue weighted by Crippen LogP contribution is 2.31. The third-order valence-electron chi connectivity index (χ3n) is 5.04. The predicted octanol–water partition coefficient (Wildman–Crippen LogP) is 5.50. The molecular weight excluding hydrogens is 422 g/mol. The number of aromatic nitrogens is 1. The van der Waals surface area contributed by atoms with E-state index in [1.54, 1.807) is 19.1 Å². The van der Waals surface area contributed by atoms with E-state index < -0.39 is 11.6 Å². The quantitative estimate of drug-likeness (QED) is 0.254. The fourth-order valence-electron chi connectivity index (χ4n) is 3.60. The van der Waals surface area contributed by atoms with Gasteiger partial charge < -0.3 is 18.3 Å². The molecule has 3 aromatic carbocycles. The summed E-state index contributed by atoms with van der Waals surface area (Å²) in [6.07, 6.45) is -0.0367. The van der Waals surface area contributed by atoms with Crippen molar-refractivity contribution < 1.29 is 23.1 Å². The number of oxazole rings is 1. The summed E-state index contributed by atoms with van der Waals surface area (Å²) in [5.41, 5.74) is 2.06. The van der Waals surface area contributed by atoms with Crippen molar-refractivity contribution in [2.45, 2.75) is 13.3 Å². The van der Waals surface area contributed by atoms with Crippen LogP contribution in [0.2, 0.25) is 0 Å². The van der Waals surface area contributed by atoms with E-state index in [2.05, 4.69) is 4.98 Å². The molecule has 0 N–H and O–H groups in total. The van der Waals surface area contributed by atoms with Crippen LogP contribution in [-0.2, 0) is 16.0 Å². The molecule has 7 nitrogen and oxygen atoms in total. The zero-order valence-electron chi connectivity index (χ0n) is 17.7. The second-order valence-electron chi connectivity index (χ2n) is 7.35. The summed E-state index contributed by atoms with van der Waals surface area (Å²) in [7, 11) is 0. The lowest BCUT2D eigenvalue weighted by Gasteiger charge is -2.06. The summed E-state index contributed by atoms with van der Waals surface area (Å²) in [6, 6.07) is 21.6. The van der Waals surface area contributed by atoms with Gasteiger partial charge in [-0.15, -0.1) is 0 Å². The minimum atomic E-state index is -0.549. The molecule has 0 radical (unpaired) electrons. The maximum atomic E-state index is 12.0. The first-order chi connectivity index (χ1) is 16.1. The average Bonchev–Trinajstić information content (AvgIpc) is 3.22. The van der Waals surface area contributed by atoms with E-state index in [0.717, 1.165) is 11.3 Å². The van der Waals surface area contributed by atoms with Gasteiger partial charge in [0.05, 0.1) is 13.0 Å². The average molecular weight is 441 g/mol. The summed E-state index contributed by atoms with van der Waals surface area (Å²) in [4.78, 5) is 28.6. The Labute approximate surface area is 188 Å². The number of esters is 1. The summed E-state index contributed by atoms with van der Waals surface area (Å²) in [5.74, 6) is 1.35. The monoisotopic (exact) mass is 441 g/mol. The number of benzene rings is 3. The van der Waals surface area contributed by atoms with E-state index in [4.69, 9.17) is 18.3 Å². The smallest absolute Gasteiger partial charge is 0.336 e. The van der Waals surface area contributed by atoms with Gasteiger partial charge in [0.2, 0.25) is 5.89 Å². The standard InChI is InChI=1S/C26H19NO6/c1-2-30-24(28)12-17-13-25(29)32-22-15-23-21(14-20(17)22)27-26(33-23)16-7-6-10-19(11-16)31-18-8-4-3-5-9-18/h3-11,13-15H,2,12H2,1H3. The zero-order chi connectivity index (χ0) is 22.8. The van der Waals surface area contributed by atoms with Crippen LogP contribution < -0.4 is 10.4 Å². The van der Waals surface area contributed by atoms with Gasteiger partial charge in [0.1, 0.15) is 22.6 Å². The molecule has 0 unspecified atom stereocenters. The Bertz CT molecular complexity index is 1520. The normalized spacial score (nSPS) is 11.1. The Hall–Kier alpha value is -4.39. The van der Waals surface area contributed by atoms with Gasteiger partial charge in [-0.25, -0.2) is 9.78 Å². The molecular formula is C26H19NO6. The van der Waals surface area contributed by atoms with Gasteiger partial charge in [0.15, 0.2) is 5.58 Å². The van der Waals surface area contributed by atoms with Crippen molar-refractivity contribution in [2.75, 3.05) is 6.61 Å². The van der Waals surface area contributed by atoms with E-state index in [9.17, 15) is 9.59 Å². The number of nitrogens with zero attached hydrogens (tertiary/aromatic N) is 1. The molecule has 0 saturated heterocycles. The van der Waals surface area contributed by atoms with Crippen LogP contribution >= 0.6 is 0 Å². The van der Waals surface area contributed by atoms with Crippen LogP contribution in [0.25, 0.3) is 33.5 Å².